The number of hydrogen-bond acceptors (Lipinski definition) is 3. The minimum Gasteiger partial charge on any atom is -0.481 e. The minimum atomic E-state index is -0.891. The summed E-state index contributed by atoms with van der Waals surface area (Å²) >= 11 is 0. The first-order valence-electron chi connectivity index (χ1n) is 6.25. The number of amides is 2. The van der Waals surface area contributed by atoms with Crippen LogP contribution in [0.5, 0.6) is 0 Å². The second-order valence-corrected chi connectivity index (χ2v) is 4.73. The zero-order valence-electron chi connectivity index (χ0n) is 11.8. The predicted octanol–water partition coefficient (Wildman–Crippen LogP) is 0.833. The van der Waals surface area contributed by atoms with E-state index < -0.39 is 5.97 Å². The van der Waals surface area contributed by atoms with E-state index in [1.807, 2.05) is 21.0 Å². The summed E-state index contributed by atoms with van der Waals surface area (Å²) in [5.41, 5.74) is 0. The fourth-order valence-electron chi connectivity index (χ4n) is 1.52. The van der Waals surface area contributed by atoms with Gasteiger partial charge in [-0.3, -0.25) is 4.79 Å². The van der Waals surface area contributed by atoms with Crippen LogP contribution in [-0.4, -0.2) is 67.2 Å². The van der Waals surface area contributed by atoms with E-state index in [4.69, 9.17) is 5.11 Å². The number of rotatable bonds is 8. The molecule has 0 saturated heterocycles. The summed E-state index contributed by atoms with van der Waals surface area (Å²) < 4.78 is 0. The van der Waals surface area contributed by atoms with Gasteiger partial charge in [-0.15, -0.1) is 0 Å². The molecule has 0 aliphatic heterocycles. The predicted molar refractivity (Wildman–Crippen MR) is 70.7 cm³/mol. The second-order valence-electron chi connectivity index (χ2n) is 4.73. The van der Waals surface area contributed by atoms with Crippen molar-refractivity contribution in [1.29, 1.82) is 0 Å². The summed E-state index contributed by atoms with van der Waals surface area (Å²) in [5, 5.41) is 11.4. The first-order valence-corrected chi connectivity index (χ1v) is 6.25. The van der Waals surface area contributed by atoms with E-state index in [0.717, 1.165) is 13.0 Å². The molecule has 18 heavy (non-hydrogen) atoms. The van der Waals surface area contributed by atoms with E-state index in [1.54, 1.807) is 11.9 Å². The zero-order valence-corrected chi connectivity index (χ0v) is 11.8. The van der Waals surface area contributed by atoms with Crippen LogP contribution in [0.15, 0.2) is 0 Å². The lowest BCUT2D eigenvalue weighted by atomic mass is 10.1. The Morgan fingerprint density at radius 2 is 1.83 bits per heavy atom. The topological polar surface area (TPSA) is 72.9 Å². The summed E-state index contributed by atoms with van der Waals surface area (Å²) in [6.45, 7) is 3.44. The van der Waals surface area contributed by atoms with Gasteiger partial charge in [-0.2, -0.15) is 0 Å². The average molecular weight is 259 g/mol. The molecule has 0 heterocycles. The molecule has 0 aromatic heterocycles. The van der Waals surface area contributed by atoms with Crippen molar-refractivity contribution in [1.82, 2.24) is 15.1 Å². The van der Waals surface area contributed by atoms with E-state index in [-0.39, 0.29) is 18.5 Å². The SMILES string of the molecule is CCC(CC(=O)O)NC(=O)N(C)CCCN(C)C. The highest BCUT2D eigenvalue weighted by molar-refractivity contribution is 5.75. The monoisotopic (exact) mass is 259 g/mol. The van der Waals surface area contributed by atoms with Gasteiger partial charge in [0.1, 0.15) is 0 Å². The third-order valence-electron chi connectivity index (χ3n) is 2.69. The number of nitrogens with one attached hydrogen (secondary N) is 1. The molecule has 6 nitrogen and oxygen atoms in total. The summed E-state index contributed by atoms with van der Waals surface area (Å²) in [7, 11) is 5.69. The highest BCUT2D eigenvalue weighted by atomic mass is 16.4. The lowest BCUT2D eigenvalue weighted by Crippen LogP contribution is -2.44. The van der Waals surface area contributed by atoms with E-state index in [0.29, 0.717) is 13.0 Å². The van der Waals surface area contributed by atoms with Gasteiger partial charge in [-0.1, -0.05) is 6.92 Å². The Bertz CT molecular complexity index is 269. The molecule has 0 bridgehead atoms. The van der Waals surface area contributed by atoms with Crippen molar-refractivity contribution < 1.29 is 14.7 Å². The number of aliphatic carboxylic acids is 1. The summed E-state index contributed by atoms with van der Waals surface area (Å²) in [4.78, 5) is 26.0. The Kier molecular flexibility index (Phi) is 8.11. The van der Waals surface area contributed by atoms with E-state index >= 15 is 0 Å². The van der Waals surface area contributed by atoms with Crippen molar-refractivity contribution in [2.75, 3.05) is 34.2 Å². The van der Waals surface area contributed by atoms with Gasteiger partial charge in [0.05, 0.1) is 6.42 Å². The van der Waals surface area contributed by atoms with Crippen molar-refractivity contribution in [2.45, 2.75) is 32.2 Å². The third-order valence-corrected chi connectivity index (χ3v) is 2.69. The lowest BCUT2D eigenvalue weighted by Gasteiger charge is -2.22. The molecule has 1 atom stereocenters. The second kappa shape index (κ2) is 8.74. The van der Waals surface area contributed by atoms with Gasteiger partial charge in [-0.05, 0) is 33.5 Å². The van der Waals surface area contributed by atoms with Crippen LogP contribution in [0.1, 0.15) is 26.2 Å². The molecule has 0 saturated carbocycles. The zero-order chi connectivity index (χ0) is 14.1. The van der Waals surface area contributed by atoms with Gasteiger partial charge >= 0.3 is 12.0 Å². The van der Waals surface area contributed by atoms with Crippen LogP contribution >= 0.6 is 0 Å². The molecule has 0 aliphatic carbocycles. The Hall–Kier alpha value is -1.30. The number of carboxylic acid groups (broad SMARTS) is 1. The number of nitrogens with zero attached hydrogens (tertiary/aromatic N) is 2. The largest absolute Gasteiger partial charge is 0.481 e. The first-order chi connectivity index (χ1) is 8.36. The van der Waals surface area contributed by atoms with Crippen molar-refractivity contribution in [3.8, 4) is 0 Å². The fourth-order valence-corrected chi connectivity index (χ4v) is 1.52. The molecular weight excluding hydrogens is 234 g/mol. The Labute approximate surface area is 109 Å². The minimum absolute atomic E-state index is 0.0340. The summed E-state index contributed by atoms with van der Waals surface area (Å²) in [6.07, 6.45) is 1.48. The van der Waals surface area contributed by atoms with Crippen LogP contribution in [-0.2, 0) is 4.79 Å². The molecule has 0 fully saturated rings. The lowest BCUT2D eigenvalue weighted by molar-refractivity contribution is -0.137. The average Bonchev–Trinajstić information content (AvgIpc) is 2.26. The van der Waals surface area contributed by atoms with Gasteiger partial charge in [-0.25, -0.2) is 4.79 Å². The maximum absolute atomic E-state index is 11.8. The molecule has 1 unspecified atom stereocenters. The molecular formula is C12H25N3O3. The maximum atomic E-state index is 11.8. The maximum Gasteiger partial charge on any atom is 0.317 e. The quantitative estimate of drug-likeness (QED) is 0.677. The molecule has 6 heteroatoms. The molecule has 0 aromatic carbocycles. The third kappa shape index (κ3) is 7.89. The van der Waals surface area contributed by atoms with E-state index in [9.17, 15) is 9.59 Å². The van der Waals surface area contributed by atoms with Gasteiger partial charge < -0.3 is 20.2 Å². The molecule has 2 N–H and O–H groups in total. The van der Waals surface area contributed by atoms with Crippen LogP contribution in [0.25, 0.3) is 0 Å². The standard InChI is InChI=1S/C12H25N3O3/c1-5-10(9-11(16)17)13-12(18)15(4)8-6-7-14(2)3/h10H,5-9H2,1-4H3,(H,13,18)(H,16,17). The van der Waals surface area contributed by atoms with Gasteiger partial charge in [0.2, 0.25) is 0 Å². The molecule has 0 spiro atoms. The Balaban J connectivity index is 4.01. The number of urea groups is 1. The normalized spacial score (nSPS) is 12.3. The van der Waals surface area contributed by atoms with Gasteiger partial charge in [0.25, 0.3) is 0 Å². The molecule has 106 valence electrons. The molecule has 0 aromatic rings. The number of carbonyl (C=O) groups excluding carboxylic acids is 1. The Morgan fingerprint density at radius 3 is 2.28 bits per heavy atom. The summed E-state index contributed by atoms with van der Waals surface area (Å²) in [5.74, 6) is -0.891. The van der Waals surface area contributed by atoms with Crippen molar-refractivity contribution in [3.63, 3.8) is 0 Å². The number of carbonyl (C=O) groups is 2. The smallest absolute Gasteiger partial charge is 0.317 e. The van der Waals surface area contributed by atoms with E-state index in [2.05, 4.69) is 10.2 Å². The van der Waals surface area contributed by atoms with Crippen LogP contribution in [0, 0.1) is 0 Å². The number of carboxylic acids is 1. The molecule has 0 rings (SSSR count). The van der Waals surface area contributed by atoms with Crippen molar-refractivity contribution >= 4 is 12.0 Å². The molecule has 2 amide bonds. The van der Waals surface area contributed by atoms with Crippen LogP contribution in [0.2, 0.25) is 0 Å². The van der Waals surface area contributed by atoms with Crippen molar-refractivity contribution in [2.24, 2.45) is 0 Å². The summed E-state index contributed by atoms with van der Waals surface area (Å²) in [6, 6.07) is -0.506. The van der Waals surface area contributed by atoms with Crippen LogP contribution < -0.4 is 5.32 Å². The molecule has 0 radical (unpaired) electrons. The number of hydrogen-bond donors (Lipinski definition) is 2. The van der Waals surface area contributed by atoms with Gasteiger partial charge in [0, 0.05) is 19.6 Å². The Morgan fingerprint density at radius 1 is 1.22 bits per heavy atom. The fraction of sp³-hybridized carbons (Fsp3) is 0.833. The van der Waals surface area contributed by atoms with Gasteiger partial charge in [0.15, 0.2) is 0 Å². The first kappa shape index (κ1) is 16.7. The highest BCUT2D eigenvalue weighted by Crippen LogP contribution is 1.99. The highest BCUT2D eigenvalue weighted by Gasteiger charge is 2.16. The van der Waals surface area contributed by atoms with Crippen LogP contribution in [0.3, 0.4) is 0 Å². The molecule has 0 aliphatic rings. The van der Waals surface area contributed by atoms with E-state index in [1.165, 1.54) is 0 Å². The van der Waals surface area contributed by atoms with Crippen molar-refractivity contribution in [3.05, 3.63) is 0 Å². The van der Waals surface area contributed by atoms with Crippen LogP contribution in [0.4, 0.5) is 4.79 Å².